The van der Waals surface area contributed by atoms with Crippen LogP contribution in [0.25, 0.3) is 0 Å². The summed E-state index contributed by atoms with van der Waals surface area (Å²) in [5.74, 6) is -4.67. The molecule has 5 rings (SSSR count). The highest BCUT2D eigenvalue weighted by molar-refractivity contribution is 9.12. The third-order valence-corrected chi connectivity index (χ3v) is 7.45. The molecule has 9 heteroatoms. The molecule has 1 heterocycles. The lowest BCUT2D eigenvalue weighted by molar-refractivity contribution is -0.173. The number of imide groups is 1. The summed E-state index contributed by atoms with van der Waals surface area (Å²) in [4.78, 5) is 51.2. The smallest absolute Gasteiger partial charge is 0.257 e. The van der Waals surface area contributed by atoms with E-state index >= 15 is 0 Å². The first-order valence-electron chi connectivity index (χ1n) is 10.1. The van der Waals surface area contributed by atoms with E-state index < -0.39 is 35.5 Å². The highest BCUT2D eigenvalue weighted by atomic mass is 79.9. The Morgan fingerprint density at radius 2 is 1.88 bits per heavy atom. The molecule has 0 spiro atoms. The minimum Gasteiger partial charge on any atom is -0.507 e. The number of aromatic hydroxyl groups is 1. The summed E-state index contributed by atoms with van der Waals surface area (Å²) in [5.41, 5.74) is 1.61. The molecule has 1 aliphatic heterocycles. The number of hydrogen-bond donors (Lipinski definition) is 2. The summed E-state index contributed by atoms with van der Waals surface area (Å²) < 4.78 is 5.28. The number of phenols is 1. The summed E-state index contributed by atoms with van der Waals surface area (Å²) >= 11 is 3.15. The molecular formula is C23H18BrNO7. The lowest BCUT2D eigenvalue weighted by Crippen LogP contribution is -2.39. The van der Waals surface area contributed by atoms with E-state index in [1.165, 1.54) is 19.3 Å². The number of hydroxylamine groups is 2. The number of allylic oxidation sites excluding steroid dienone is 6. The van der Waals surface area contributed by atoms with Crippen molar-refractivity contribution in [3.63, 3.8) is 0 Å². The number of ketones is 2. The van der Waals surface area contributed by atoms with Gasteiger partial charge in [0.25, 0.3) is 11.8 Å². The monoisotopic (exact) mass is 499 g/mol. The lowest BCUT2D eigenvalue weighted by Gasteiger charge is -2.42. The Balaban J connectivity index is 1.72. The Morgan fingerprint density at radius 1 is 1.12 bits per heavy atom. The van der Waals surface area contributed by atoms with Crippen LogP contribution < -0.4 is 4.74 Å². The maximum atomic E-state index is 13.1. The zero-order chi connectivity index (χ0) is 22.9. The number of halogens is 1. The van der Waals surface area contributed by atoms with Crippen LogP contribution in [-0.4, -0.2) is 45.9 Å². The fourth-order valence-corrected chi connectivity index (χ4v) is 5.89. The number of rotatable bonds is 2. The minimum atomic E-state index is -0.836. The molecule has 1 aromatic rings. The lowest BCUT2D eigenvalue weighted by atomic mass is 9.59. The van der Waals surface area contributed by atoms with Gasteiger partial charge in [-0.05, 0) is 40.8 Å². The third-order valence-electron chi connectivity index (χ3n) is 6.86. The molecule has 1 fully saturated rings. The Hall–Kier alpha value is -3.04. The van der Waals surface area contributed by atoms with Crippen LogP contribution in [0.2, 0.25) is 0 Å². The molecule has 8 nitrogen and oxygen atoms in total. The van der Waals surface area contributed by atoms with E-state index in [2.05, 4.69) is 15.9 Å². The number of fused-ring (bicyclic) bond motifs is 3. The van der Waals surface area contributed by atoms with Gasteiger partial charge in [-0.3, -0.25) is 24.4 Å². The van der Waals surface area contributed by atoms with Gasteiger partial charge in [-0.25, -0.2) is 0 Å². The van der Waals surface area contributed by atoms with Gasteiger partial charge in [0.2, 0.25) is 0 Å². The molecule has 0 saturated carbocycles. The number of nitrogens with zero attached hydrogens (tertiary/aromatic N) is 1. The standard InChI is InChI=1S/C23H18BrNO7/c1-32-9-2-3-11(16(26)6-9)18-10-4-5-12-19(23(30)25(31)22(12)29)13(10)7-14-20(18)17(27)8-15(24)21(14)28/h2-4,6,8,12-13,18-19,26,31H,5,7H2,1H3/t12-,13+,18+,19-/m0/s1. The van der Waals surface area contributed by atoms with Crippen LogP contribution in [0.3, 0.4) is 0 Å². The van der Waals surface area contributed by atoms with Crippen LogP contribution in [-0.2, 0) is 19.2 Å². The van der Waals surface area contributed by atoms with Crippen molar-refractivity contribution in [3.05, 3.63) is 57.1 Å². The number of ether oxygens (including phenoxy) is 1. The molecule has 1 aromatic carbocycles. The van der Waals surface area contributed by atoms with Gasteiger partial charge in [0.05, 0.1) is 23.4 Å². The van der Waals surface area contributed by atoms with Crippen LogP contribution in [0, 0.1) is 17.8 Å². The number of carbonyl (C=O) groups excluding carboxylic acids is 4. The zero-order valence-electron chi connectivity index (χ0n) is 16.9. The Labute approximate surface area is 190 Å². The number of hydrogen-bond acceptors (Lipinski definition) is 7. The molecule has 0 bridgehead atoms. The summed E-state index contributed by atoms with van der Waals surface area (Å²) in [6.07, 6.45) is 3.34. The molecule has 32 heavy (non-hydrogen) atoms. The number of Topliss-reactive ketones (excluding diaryl/α,β-unsaturated/α-hetero) is 1. The van der Waals surface area contributed by atoms with Crippen LogP contribution >= 0.6 is 15.9 Å². The molecule has 0 unspecified atom stereocenters. The maximum absolute atomic E-state index is 13.1. The quantitative estimate of drug-likeness (QED) is 0.277. The second kappa shape index (κ2) is 7.25. The molecule has 2 amide bonds. The van der Waals surface area contributed by atoms with E-state index in [1.54, 1.807) is 18.2 Å². The van der Waals surface area contributed by atoms with Crippen molar-refractivity contribution >= 4 is 39.3 Å². The summed E-state index contributed by atoms with van der Waals surface area (Å²) in [6.45, 7) is 0. The number of phenolic OH excluding ortho intramolecular Hbond substituents is 1. The predicted molar refractivity (Wildman–Crippen MR) is 113 cm³/mol. The molecule has 3 aliphatic carbocycles. The molecule has 4 atom stereocenters. The average Bonchev–Trinajstić information content (AvgIpc) is 3.00. The highest BCUT2D eigenvalue weighted by Crippen LogP contribution is 2.56. The normalized spacial score (nSPS) is 29.4. The first-order chi connectivity index (χ1) is 15.2. The molecule has 1 saturated heterocycles. The van der Waals surface area contributed by atoms with Crippen LogP contribution in [0.15, 0.2) is 51.6 Å². The average molecular weight is 500 g/mol. The largest absolute Gasteiger partial charge is 0.507 e. The first-order valence-corrected chi connectivity index (χ1v) is 10.9. The van der Waals surface area contributed by atoms with Gasteiger partial charge in [0.15, 0.2) is 11.6 Å². The van der Waals surface area contributed by atoms with Gasteiger partial charge in [-0.1, -0.05) is 17.7 Å². The number of benzene rings is 1. The van der Waals surface area contributed by atoms with Crippen molar-refractivity contribution < 1.29 is 34.2 Å². The molecule has 4 aliphatic rings. The molecule has 164 valence electrons. The van der Waals surface area contributed by atoms with Gasteiger partial charge in [0.1, 0.15) is 11.5 Å². The number of carbonyl (C=O) groups is 4. The fourth-order valence-electron chi connectivity index (χ4n) is 5.44. The van der Waals surface area contributed by atoms with Crippen molar-refractivity contribution in [2.75, 3.05) is 7.11 Å². The second-order valence-corrected chi connectivity index (χ2v) is 9.16. The highest BCUT2D eigenvalue weighted by Gasteiger charge is 2.56. The van der Waals surface area contributed by atoms with E-state index in [0.29, 0.717) is 16.9 Å². The maximum Gasteiger partial charge on any atom is 0.257 e. The Kier molecular flexibility index (Phi) is 4.72. The van der Waals surface area contributed by atoms with Crippen molar-refractivity contribution in [1.82, 2.24) is 5.06 Å². The number of amides is 2. The van der Waals surface area contributed by atoms with Gasteiger partial charge in [-0.2, -0.15) is 5.06 Å². The predicted octanol–water partition coefficient (Wildman–Crippen LogP) is 2.55. The van der Waals surface area contributed by atoms with Crippen molar-refractivity contribution in [3.8, 4) is 11.5 Å². The van der Waals surface area contributed by atoms with Crippen molar-refractivity contribution in [2.45, 2.75) is 18.8 Å². The third kappa shape index (κ3) is 2.77. The van der Waals surface area contributed by atoms with E-state index in [0.717, 1.165) is 0 Å². The minimum absolute atomic E-state index is 0.0934. The topological polar surface area (TPSA) is 121 Å². The Morgan fingerprint density at radius 3 is 2.56 bits per heavy atom. The summed E-state index contributed by atoms with van der Waals surface area (Å²) in [7, 11) is 1.46. The van der Waals surface area contributed by atoms with Crippen LogP contribution in [0.4, 0.5) is 0 Å². The van der Waals surface area contributed by atoms with Gasteiger partial charge in [-0.15, -0.1) is 0 Å². The molecule has 0 aromatic heterocycles. The zero-order valence-corrected chi connectivity index (χ0v) is 18.5. The van der Waals surface area contributed by atoms with E-state index in [-0.39, 0.29) is 50.8 Å². The summed E-state index contributed by atoms with van der Waals surface area (Å²) in [6, 6.07) is 4.70. The Bertz CT molecular complexity index is 1210. The van der Waals surface area contributed by atoms with E-state index in [4.69, 9.17) is 4.74 Å². The SMILES string of the molecule is COc1ccc([C@H]2C3=CC[C@@H]4C(=O)N(O)C(=O)[C@@H]4[C@@H]3CC3=C2C(=O)C=C(Br)C3=O)c(O)c1. The second-order valence-electron chi connectivity index (χ2n) is 8.31. The van der Waals surface area contributed by atoms with Gasteiger partial charge >= 0.3 is 0 Å². The van der Waals surface area contributed by atoms with Crippen molar-refractivity contribution in [1.29, 1.82) is 0 Å². The molecular weight excluding hydrogens is 482 g/mol. The van der Waals surface area contributed by atoms with Crippen LogP contribution in [0.5, 0.6) is 11.5 Å². The first kappa shape index (κ1) is 20.8. The fraction of sp³-hybridized carbons (Fsp3) is 0.304. The van der Waals surface area contributed by atoms with E-state index in [9.17, 15) is 29.5 Å². The van der Waals surface area contributed by atoms with Crippen LogP contribution in [0.1, 0.15) is 24.3 Å². The summed E-state index contributed by atoms with van der Waals surface area (Å²) in [5, 5.41) is 20.9. The molecule has 0 radical (unpaired) electrons. The van der Waals surface area contributed by atoms with Gasteiger partial charge < -0.3 is 9.84 Å². The number of methoxy groups -OCH3 is 1. The molecule has 2 N–H and O–H groups in total. The van der Waals surface area contributed by atoms with Gasteiger partial charge in [0, 0.05) is 34.8 Å². The van der Waals surface area contributed by atoms with Crippen molar-refractivity contribution in [2.24, 2.45) is 17.8 Å². The van der Waals surface area contributed by atoms with E-state index in [1.807, 2.05) is 0 Å².